The first-order chi connectivity index (χ1) is 9.15. The van der Waals surface area contributed by atoms with Crippen molar-refractivity contribution >= 4 is 0 Å². The molecule has 0 saturated carbocycles. The van der Waals surface area contributed by atoms with Gasteiger partial charge in [0.15, 0.2) is 0 Å². The van der Waals surface area contributed by atoms with Gasteiger partial charge in [0, 0.05) is 12.1 Å². The lowest BCUT2D eigenvalue weighted by Gasteiger charge is -2.33. The molecule has 2 fully saturated rings. The number of piperidine rings is 2. The largest absolute Gasteiger partial charge is 0.304 e. The molecular weight excluding hydrogens is 232 g/mol. The lowest BCUT2D eigenvalue weighted by Crippen LogP contribution is -2.37. The Morgan fingerprint density at radius 2 is 1.53 bits per heavy atom. The first kappa shape index (κ1) is 17.0. The maximum atomic E-state index is 2.65. The van der Waals surface area contributed by atoms with Crippen molar-refractivity contribution in [3.63, 3.8) is 0 Å². The third-order valence-electron chi connectivity index (χ3n) is 4.87. The Morgan fingerprint density at radius 3 is 2.00 bits per heavy atom. The second-order valence-corrected chi connectivity index (χ2v) is 6.56. The molecule has 2 aliphatic rings. The summed E-state index contributed by atoms with van der Waals surface area (Å²) in [4.78, 5) is 5.08. The van der Waals surface area contributed by atoms with Gasteiger partial charge in [-0.15, -0.1) is 0 Å². The van der Waals surface area contributed by atoms with Gasteiger partial charge >= 0.3 is 0 Å². The fraction of sp³-hybridized carbons (Fsp3) is 1.00. The van der Waals surface area contributed by atoms with Gasteiger partial charge in [-0.2, -0.15) is 0 Å². The van der Waals surface area contributed by atoms with Crippen molar-refractivity contribution in [2.45, 2.75) is 84.2 Å². The molecule has 0 bridgehead atoms. The molecule has 2 nitrogen and oxygen atoms in total. The monoisotopic (exact) mass is 268 g/mol. The topological polar surface area (TPSA) is 6.48 Å². The zero-order valence-corrected chi connectivity index (χ0v) is 13.8. The molecule has 0 spiro atoms. The smallest absolute Gasteiger partial charge is 0.00669 e. The number of likely N-dealkylation sites (tertiary alicyclic amines) is 2. The Bertz CT molecular complexity index is 207. The van der Waals surface area contributed by atoms with E-state index < -0.39 is 0 Å². The van der Waals surface area contributed by atoms with Gasteiger partial charge in [-0.25, -0.2) is 0 Å². The summed E-state index contributed by atoms with van der Waals surface area (Å²) in [5.41, 5.74) is 0. The van der Waals surface area contributed by atoms with Gasteiger partial charge in [0.25, 0.3) is 0 Å². The van der Waals surface area contributed by atoms with Crippen LogP contribution in [0.1, 0.15) is 72.1 Å². The zero-order chi connectivity index (χ0) is 14.1. The van der Waals surface area contributed by atoms with Gasteiger partial charge < -0.3 is 9.80 Å². The predicted octanol–water partition coefficient (Wildman–Crippen LogP) is 4.15. The molecule has 0 radical (unpaired) electrons. The number of rotatable bonds is 3. The Balaban J connectivity index is 0.000000200. The van der Waals surface area contributed by atoms with Crippen LogP contribution in [-0.2, 0) is 0 Å². The van der Waals surface area contributed by atoms with Crippen molar-refractivity contribution in [1.82, 2.24) is 9.80 Å². The van der Waals surface area contributed by atoms with Crippen molar-refractivity contribution in [3.05, 3.63) is 0 Å². The fourth-order valence-corrected chi connectivity index (χ4v) is 3.09. The van der Waals surface area contributed by atoms with Gasteiger partial charge in [-0.3, -0.25) is 0 Å². The molecule has 2 aliphatic heterocycles. The van der Waals surface area contributed by atoms with Crippen LogP contribution in [-0.4, -0.2) is 48.6 Å². The lowest BCUT2D eigenvalue weighted by molar-refractivity contribution is 0.158. The van der Waals surface area contributed by atoms with E-state index in [1.165, 1.54) is 71.0 Å². The average Bonchev–Trinajstić information content (AvgIpc) is 2.42. The van der Waals surface area contributed by atoms with E-state index in [2.05, 4.69) is 37.6 Å². The standard InChI is InChI=1S/C10H21N.C7H15N/c1-3-4-8-11-9-6-5-7-10(11)2;1-7-5-3-4-6-8(7)2/h10H,3-9H2,1-2H3;7H,3-6H2,1-2H3. The second kappa shape index (κ2) is 9.77. The third-order valence-corrected chi connectivity index (χ3v) is 4.87. The molecule has 0 amide bonds. The summed E-state index contributed by atoms with van der Waals surface area (Å²) in [6, 6.07) is 1.69. The molecule has 2 unspecified atom stereocenters. The Labute approximate surface area is 121 Å². The highest BCUT2D eigenvalue weighted by molar-refractivity contribution is 4.72. The zero-order valence-electron chi connectivity index (χ0n) is 13.8. The van der Waals surface area contributed by atoms with Gasteiger partial charge in [-0.05, 0) is 72.6 Å². The highest BCUT2D eigenvalue weighted by Gasteiger charge is 2.16. The summed E-state index contributed by atoms with van der Waals surface area (Å²) in [7, 11) is 2.21. The third kappa shape index (κ3) is 6.76. The number of hydrogen-bond acceptors (Lipinski definition) is 2. The van der Waals surface area contributed by atoms with Crippen molar-refractivity contribution in [2.24, 2.45) is 0 Å². The van der Waals surface area contributed by atoms with Crippen LogP contribution in [0.3, 0.4) is 0 Å². The molecule has 0 N–H and O–H groups in total. The highest BCUT2D eigenvalue weighted by atomic mass is 15.2. The van der Waals surface area contributed by atoms with E-state index in [0.717, 1.165) is 12.1 Å². The van der Waals surface area contributed by atoms with E-state index in [1.807, 2.05) is 0 Å². The van der Waals surface area contributed by atoms with Crippen molar-refractivity contribution < 1.29 is 0 Å². The molecule has 0 aromatic rings. The van der Waals surface area contributed by atoms with Crippen LogP contribution in [0.4, 0.5) is 0 Å². The summed E-state index contributed by atoms with van der Waals surface area (Å²) in [6.07, 6.45) is 11.2. The molecule has 2 heterocycles. The van der Waals surface area contributed by atoms with Gasteiger partial charge in [0.05, 0.1) is 0 Å². The van der Waals surface area contributed by atoms with Crippen LogP contribution in [0.5, 0.6) is 0 Å². The minimum atomic E-state index is 0.837. The van der Waals surface area contributed by atoms with Crippen LogP contribution < -0.4 is 0 Å². The fourth-order valence-electron chi connectivity index (χ4n) is 3.09. The summed E-state index contributed by atoms with van der Waals surface area (Å²) in [5.74, 6) is 0. The van der Waals surface area contributed by atoms with Crippen LogP contribution in [0.25, 0.3) is 0 Å². The molecule has 2 heteroatoms. The molecule has 0 aliphatic carbocycles. The van der Waals surface area contributed by atoms with E-state index in [-0.39, 0.29) is 0 Å². The van der Waals surface area contributed by atoms with E-state index in [9.17, 15) is 0 Å². The van der Waals surface area contributed by atoms with E-state index in [0.29, 0.717) is 0 Å². The molecule has 0 aromatic heterocycles. The molecular formula is C17H36N2. The Morgan fingerprint density at radius 1 is 0.895 bits per heavy atom. The predicted molar refractivity (Wildman–Crippen MR) is 85.7 cm³/mol. The van der Waals surface area contributed by atoms with Gasteiger partial charge in [-0.1, -0.05) is 26.2 Å². The SMILES string of the molecule is CC1CCCCN1C.CCCCN1CCCCC1C. The molecule has 2 rings (SSSR count). The highest BCUT2D eigenvalue weighted by Crippen LogP contribution is 2.16. The van der Waals surface area contributed by atoms with Crippen LogP contribution in [0.2, 0.25) is 0 Å². The molecule has 19 heavy (non-hydrogen) atoms. The van der Waals surface area contributed by atoms with E-state index in [4.69, 9.17) is 0 Å². The Hall–Kier alpha value is -0.0800. The normalized spacial score (nSPS) is 29.7. The Kier molecular flexibility index (Phi) is 8.72. The maximum absolute atomic E-state index is 2.65. The number of nitrogens with zero attached hydrogens (tertiary/aromatic N) is 2. The number of hydrogen-bond donors (Lipinski definition) is 0. The van der Waals surface area contributed by atoms with Crippen LogP contribution in [0.15, 0.2) is 0 Å². The first-order valence-electron chi connectivity index (χ1n) is 8.59. The minimum absolute atomic E-state index is 0.837. The summed E-state index contributed by atoms with van der Waals surface area (Å²) in [5, 5.41) is 0. The minimum Gasteiger partial charge on any atom is -0.304 e. The summed E-state index contributed by atoms with van der Waals surface area (Å²) < 4.78 is 0. The summed E-state index contributed by atoms with van der Waals surface area (Å²) >= 11 is 0. The molecule has 2 atom stereocenters. The van der Waals surface area contributed by atoms with Gasteiger partial charge in [0.1, 0.15) is 0 Å². The molecule has 0 aromatic carbocycles. The first-order valence-corrected chi connectivity index (χ1v) is 8.59. The maximum Gasteiger partial charge on any atom is 0.00669 e. The van der Waals surface area contributed by atoms with Crippen LogP contribution >= 0.6 is 0 Å². The van der Waals surface area contributed by atoms with Crippen molar-refractivity contribution in [3.8, 4) is 0 Å². The molecule has 114 valence electrons. The van der Waals surface area contributed by atoms with Gasteiger partial charge in [0.2, 0.25) is 0 Å². The summed E-state index contributed by atoms with van der Waals surface area (Å²) in [6.45, 7) is 10.9. The van der Waals surface area contributed by atoms with Crippen LogP contribution in [0, 0.1) is 0 Å². The second-order valence-electron chi connectivity index (χ2n) is 6.56. The van der Waals surface area contributed by atoms with E-state index in [1.54, 1.807) is 0 Å². The lowest BCUT2D eigenvalue weighted by atomic mass is 10.0. The molecule has 2 saturated heterocycles. The van der Waals surface area contributed by atoms with E-state index >= 15 is 0 Å². The van der Waals surface area contributed by atoms with Crippen molar-refractivity contribution in [2.75, 3.05) is 26.7 Å². The number of unbranched alkanes of at least 4 members (excludes halogenated alkanes) is 1. The van der Waals surface area contributed by atoms with Crippen molar-refractivity contribution in [1.29, 1.82) is 0 Å². The average molecular weight is 268 g/mol. The quantitative estimate of drug-likeness (QED) is 0.758.